The molecule has 0 radical (unpaired) electrons. The summed E-state index contributed by atoms with van der Waals surface area (Å²) in [5.41, 5.74) is 1.30. The standard InChI is InChI=1S/C17H23Cl2NO/c18-15-9-4-11(10-16(15)19)14-2-1-3-17(14)20-12-5-7-13(21)8-6-12/h4,9-10,12-14,17,20-21H,1-3,5-8H2. The Hall–Kier alpha value is -0.280. The fourth-order valence-corrected chi connectivity index (χ4v) is 4.15. The van der Waals surface area contributed by atoms with Crippen LogP contribution in [0.15, 0.2) is 18.2 Å². The second-order valence-electron chi connectivity index (χ2n) is 6.49. The number of benzene rings is 1. The summed E-state index contributed by atoms with van der Waals surface area (Å²) in [4.78, 5) is 0. The Morgan fingerprint density at radius 1 is 0.952 bits per heavy atom. The zero-order valence-corrected chi connectivity index (χ0v) is 13.7. The second-order valence-corrected chi connectivity index (χ2v) is 7.30. The molecule has 0 aliphatic heterocycles. The molecular formula is C17H23Cl2NO. The minimum Gasteiger partial charge on any atom is -0.393 e. The van der Waals surface area contributed by atoms with Crippen molar-refractivity contribution in [3.8, 4) is 0 Å². The van der Waals surface area contributed by atoms with Gasteiger partial charge in [-0.2, -0.15) is 0 Å². The van der Waals surface area contributed by atoms with Gasteiger partial charge in [-0.25, -0.2) is 0 Å². The Morgan fingerprint density at radius 3 is 2.43 bits per heavy atom. The van der Waals surface area contributed by atoms with Gasteiger partial charge in [0, 0.05) is 12.1 Å². The summed E-state index contributed by atoms with van der Waals surface area (Å²) in [6.45, 7) is 0. The van der Waals surface area contributed by atoms with E-state index in [1.807, 2.05) is 12.1 Å². The number of hydrogen-bond donors (Lipinski definition) is 2. The van der Waals surface area contributed by atoms with Gasteiger partial charge in [0.05, 0.1) is 16.1 Å². The van der Waals surface area contributed by atoms with Gasteiger partial charge in [-0.15, -0.1) is 0 Å². The summed E-state index contributed by atoms with van der Waals surface area (Å²) in [6.07, 6.45) is 7.66. The van der Waals surface area contributed by atoms with Crippen molar-refractivity contribution in [3.05, 3.63) is 33.8 Å². The van der Waals surface area contributed by atoms with Crippen LogP contribution in [-0.4, -0.2) is 23.3 Å². The van der Waals surface area contributed by atoms with Gasteiger partial charge in [-0.1, -0.05) is 35.7 Å². The molecule has 0 amide bonds. The van der Waals surface area contributed by atoms with Gasteiger partial charge in [0.25, 0.3) is 0 Å². The Kier molecular flexibility index (Phi) is 5.11. The highest BCUT2D eigenvalue weighted by Crippen LogP contribution is 2.37. The van der Waals surface area contributed by atoms with Crippen LogP contribution in [0.3, 0.4) is 0 Å². The molecule has 2 N–H and O–H groups in total. The van der Waals surface area contributed by atoms with E-state index in [0.717, 1.165) is 25.7 Å². The minimum absolute atomic E-state index is 0.0857. The van der Waals surface area contributed by atoms with Crippen LogP contribution >= 0.6 is 23.2 Å². The molecule has 2 fully saturated rings. The Morgan fingerprint density at radius 2 is 1.71 bits per heavy atom. The van der Waals surface area contributed by atoms with Crippen LogP contribution in [0.2, 0.25) is 10.0 Å². The highest BCUT2D eigenvalue weighted by atomic mass is 35.5. The molecule has 0 aromatic heterocycles. The molecule has 0 saturated heterocycles. The summed E-state index contributed by atoms with van der Waals surface area (Å²) >= 11 is 12.2. The first-order valence-corrected chi connectivity index (χ1v) is 8.78. The van der Waals surface area contributed by atoms with Crippen molar-refractivity contribution in [3.63, 3.8) is 0 Å². The molecule has 1 aromatic rings. The molecule has 2 nitrogen and oxygen atoms in total. The fourth-order valence-electron chi connectivity index (χ4n) is 3.85. The maximum absolute atomic E-state index is 9.62. The van der Waals surface area contributed by atoms with Crippen molar-refractivity contribution >= 4 is 23.2 Å². The zero-order chi connectivity index (χ0) is 14.8. The number of rotatable bonds is 3. The molecule has 0 heterocycles. The number of halogens is 2. The monoisotopic (exact) mass is 327 g/mol. The second kappa shape index (κ2) is 6.87. The van der Waals surface area contributed by atoms with Crippen LogP contribution in [0.4, 0.5) is 0 Å². The predicted octanol–water partition coefficient (Wildman–Crippen LogP) is 4.52. The normalized spacial score (nSPS) is 33.3. The smallest absolute Gasteiger partial charge is 0.0595 e. The van der Waals surface area contributed by atoms with Gasteiger partial charge in [-0.3, -0.25) is 0 Å². The van der Waals surface area contributed by atoms with E-state index in [1.54, 1.807) is 0 Å². The highest BCUT2D eigenvalue weighted by Gasteiger charge is 2.31. The third-order valence-corrected chi connectivity index (χ3v) is 5.77. The zero-order valence-electron chi connectivity index (χ0n) is 12.2. The predicted molar refractivity (Wildman–Crippen MR) is 88.2 cm³/mol. The lowest BCUT2D eigenvalue weighted by molar-refractivity contribution is 0.113. The van der Waals surface area contributed by atoms with E-state index in [0.29, 0.717) is 28.0 Å². The van der Waals surface area contributed by atoms with Gasteiger partial charge in [0.15, 0.2) is 0 Å². The van der Waals surface area contributed by atoms with Crippen LogP contribution < -0.4 is 5.32 Å². The average Bonchev–Trinajstić information content (AvgIpc) is 2.92. The summed E-state index contributed by atoms with van der Waals surface area (Å²) in [6, 6.07) is 7.14. The Labute approximate surface area is 136 Å². The van der Waals surface area contributed by atoms with Crippen LogP contribution in [0.5, 0.6) is 0 Å². The van der Waals surface area contributed by atoms with Crippen molar-refractivity contribution < 1.29 is 5.11 Å². The SMILES string of the molecule is OC1CCC(NC2CCCC2c2ccc(Cl)c(Cl)c2)CC1. The first-order valence-electron chi connectivity index (χ1n) is 8.02. The molecule has 3 rings (SSSR count). The Bertz CT molecular complexity index is 486. The van der Waals surface area contributed by atoms with Crippen molar-refractivity contribution in [2.45, 2.75) is 69.1 Å². The maximum Gasteiger partial charge on any atom is 0.0595 e. The van der Waals surface area contributed by atoms with E-state index in [1.165, 1.54) is 24.8 Å². The molecule has 2 saturated carbocycles. The van der Waals surface area contributed by atoms with Crippen LogP contribution in [0.25, 0.3) is 0 Å². The molecule has 0 bridgehead atoms. The first-order chi connectivity index (χ1) is 10.1. The molecule has 2 unspecified atom stereocenters. The summed E-state index contributed by atoms with van der Waals surface area (Å²) in [7, 11) is 0. The number of nitrogens with one attached hydrogen (secondary N) is 1. The molecule has 2 aliphatic carbocycles. The topological polar surface area (TPSA) is 32.3 Å². The van der Waals surface area contributed by atoms with Crippen LogP contribution in [-0.2, 0) is 0 Å². The number of aliphatic hydroxyl groups excluding tert-OH is 1. The summed E-state index contributed by atoms with van der Waals surface area (Å²) < 4.78 is 0. The van der Waals surface area contributed by atoms with Crippen molar-refractivity contribution in [1.82, 2.24) is 5.32 Å². The third kappa shape index (κ3) is 3.73. The number of aliphatic hydroxyl groups is 1. The minimum atomic E-state index is -0.0857. The van der Waals surface area contributed by atoms with Crippen molar-refractivity contribution in [2.75, 3.05) is 0 Å². The van der Waals surface area contributed by atoms with E-state index >= 15 is 0 Å². The van der Waals surface area contributed by atoms with Crippen molar-refractivity contribution in [1.29, 1.82) is 0 Å². The maximum atomic E-state index is 9.62. The van der Waals surface area contributed by atoms with E-state index in [9.17, 15) is 5.11 Å². The fraction of sp³-hybridized carbons (Fsp3) is 0.647. The van der Waals surface area contributed by atoms with Gasteiger partial charge >= 0.3 is 0 Å². The molecule has 1 aromatic carbocycles. The van der Waals surface area contributed by atoms with Crippen LogP contribution in [0, 0.1) is 0 Å². The average molecular weight is 328 g/mol. The number of hydrogen-bond acceptors (Lipinski definition) is 2. The summed E-state index contributed by atoms with van der Waals surface area (Å²) in [5.74, 6) is 0.534. The molecular weight excluding hydrogens is 305 g/mol. The molecule has 2 aliphatic rings. The van der Waals surface area contributed by atoms with E-state index in [-0.39, 0.29) is 6.10 Å². The van der Waals surface area contributed by atoms with Gasteiger partial charge in [-0.05, 0) is 62.1 Å². The molecule has 0 spiro atoms. The van der Waals surface area contributed by atoms with Gasteiger partial charge in [0.2, 0.25) is 0 Å². The highest BCUT2D eigenvalue weighted by molar-refractivity contribution is 6.42. The largest absolute Gasteiger partial charge is 0.393 e. The van der Waals surface area contributed by atoms with Gasteiger partial charge in [0.1, 0.15) is 0 Å². The van der Waals surface area contributed by atoms with Crippen molar-refractivity contribution in [2.24, 2.45) is 0 Å². The van der Waals surface area contributed by atoms with Crippen LogP contribution in [0.1, 0.15) is 56.4 Å². The Balaban J connectivity index is 1.66. The van der Waals surface area contributed by atoms with E-state index in [2.05, 4.69) is 11.4 Å². The van der Waals surface area contributed by atoms with E-state index in [4.69, 9.17) is 23.2 Å². The van der Waals surface area contributed by atoms with Gasteiger partial charge < -0.3 is 10.4 Å². The lowest BCUT2D eigenvalue weighted by Crippen LogP contribution is -2.42. The third-order valence-electron chi connectivity index (χ3n) is 5.03. The molecule has 4 heteroatoms. The molecule has 2 atom stereocenters. The lowest BCUT2D eigenvalue weighted by Gasteiger charge is -2.31. The molecule has 116 valence electrons. The molecule has 21 heavy (non-hydrogen) atoms. The lowest BCUT2D eigenvalue weighted by atomic mass is 9.89. The van der Waals surface area contributed by atoms with E-state index < -0.39 is 0 Å². The first kappa shape index (κ1) is 15.6. The summed E-state index contributed by atoms with van der Waals surface area (Å²) in [5, 5.41) is 14.7. The quantitative estimate of drug-likeness (QED) is 0.855.